The fraction of sp³-hybridized carbons (Fsp3) is 0.778. The van der Waals surface area contributed by atoms with E-state index in [1.807, 2.05) is 0 Å². The van der Waals surface area contributed by atoms with Crippen LogP contribution in [0.4, 0.5) is 0 Å². The van der Waals surface area contributed by atoms with Crippen molar-refractivity contribution in [2.45, 2.75) is 89.9 Å². The molecule has 1 heterocycles. The smallest absolute Gasteiger partial charge is 0.333 e. The predicted molar refractivity (Wildman–Crippen MR) is 87.6 cm³/mol. The molecular formula is C18H28NO6-. The maximum Gasteiger partial charge on any atom is 0.333 e. The second-order valence-electron chi connectivity index (χ2n) is 6.45. The molecule has 0 radical (unpaired) electrons. The number of rotatable bonds is 14. The molecule has 0 aromatic rings. The minimum absolute atomic E-state index is 0.114. The van der Waals surface area contributed by atoms with Gasteiger partial charge in [0.1, 0.15) is 0 Å². The molecule has 1 aliphatic heterocycles. The highest BCUT2D eigenvalue weighted by Gasteiger charge is 2.32. The van der Waals surface area contributed by atoms with Crippen LogP contribution in [0, 0.1) is 0 Å². The van der Waals surface area contributed by atoms with Crippen LogP contribution in [0.3, 0.4) is 0 Å². The van der Waals surface area contributed by atoms with Gasteiger partial charge < -0.3 is 14.7 Å². The maximum atomic E-state index is 11.6. The van der Waals surface area contributed by atoms with E-state index in [1.54, 1.807) is 0 Å². The molecule has 0 aliphatic carbocycles. The van der Waals surface area contributed by atoms with Gasteiger partial charge in [0.2, 0.25) is 0 Å². The lowest BCUT2D eigenvalue weighted by molar-refractivity contribution is -0.305. The van der Waals surface area contributed by atoms with E-state index in [0.717, 1.165) is 51.4 Å². The monoisotopic (exact) mass is 354 g/mol. The van der Waals surface area contributed by atoms with E-state index in [0.29, 0.717) is 17.9 Å². The molecule has 7 nitrogen and oxygen atoms in total. The topological polar surface area (TPSA) is 104 Å². The van der Waals surface area contributed by atoms with Gasteiger partial charge in [0.05, 0.1) is 0 Å². The highest BCUT2D eigenvalue weighted by atomic mass is 16.7. The standard InChI is InChI=1S/C18H29NO6/c20-15-13-14-16(21)19(15)25-18(24)12-10-8-6-4-2-1-3-5-7-9-11-17(22)23/h1-14H2,(H,22,23)/p-1. The number of hydrogen-bond donors (Lipinski definition) is 0. The van der Waals surface area contributed by atoms with Crippen LogP contribution in [0.2, 0.25) is 0 Å². The van der Waals surface area contributed by atoms with Crippen LogP contribution >= 0.6 is 0 Å². The average Bonchev–Trinajstić information content (AvgIpc) is 2.87. The summed E-state index contributed by atoms with van der Waals surface area (Å²) in [4.78, 5) is 49.2. The van der Waals surface area contributed by atoms with Crippen molar-refractivity contribution in [3.05, 3.63) is 0 Å². The molecule has 1 fully saturated rings. The van der Waals surface area contributed by atoms with Gasteiger partial charge in [0.25, 0.3) is 11.8 Å². The highest BCUT2D eigenvalue weighted by molar-refractivity contribution is 6.01. The van der Waals surface area contributed by atoms with Gasteiger partial charge in [-0.2, -0.15) is 0 Å². The molecule has 1 saturated heterocycles. The fourth-order valence-corrected chi connectivity index (χ4v) is 2.76. The number of unbranched alkanes of at least 4 members (excludes halogenated alkanes) is 9. The Hall–Kier alpha value is -1.92. The number of aliphatic carboxylic acids is 1. The lowest BCUT2D eigenvalue weighted by Gasteiger charge is -2.12. The summed E-state index contributed by atoms with van der Waals surface area (Å²) in [5, 5.41) is 10.8. The highest BCUT2D eigenvalue weighted by Crippen LogP contribution is 2.15. The molecule has 1 aliphatic rings. The predicted octanol–water partition coefficient (Wildman–Crippen LogP) is 2.02. The summed E-state index contributed by atoms with van der Waals surface area (Å²) in [7, 11) is 0. The third-order valence-electron chi connectivity index (χ3n) is 4.21. The number of hydrogen-bond acceptors (Lipinski definition) is 6. The maximum absolute atomic E-state index is 11.6. The summed E-state index contributed by atoms with van der Waals surface area (Å²) in [5.74, 6) is -2.39. The van der Waals surface area contributed by atoms with Gasteiger partial charge in [0.15, 0.2) is 0 Å². The third-order valence-corrected chi connectivity index (χ3v) is 4.21. The van der Waals surface area contributed by atoms with Crippen LogP contribution in [0.15, 0.2) is 0 Å². The van der Waals surface area contributed by atoms with Crippen LogP contribution < -0.4 is 5.11 Å². The van der Waals surface area contributed by atoms with E-state index in [9.17, 15) is 24.3 Å². The van der Waals surface area contributed by atoms with Gasteiger partial charge in [-0.1, -0.05) is 51.4 Å². The van der Waals surface area contributed by atoms with Crippen LogP contribution in [0.25, 0.3) is 0 Å². The quantitative estimate of drug-likeness (QED) is 0.349. The van der Waals surface area contributed by atoms with Crippen LogP contribution in [0.5, 0.6) is 0 Å². The van der Waals surface area contributed by atoms with Crippen molar-refractivity contribution in [3.63, 3.8) is 0 Å². The van der Waals surface area contributed by atoms with Gasteiger partial charge in [-0.25, -0.2) is 4.79 Å². The van der Waals surface area contributed by atoms with E-state index < -0.39 is 23.8 Å². The summed E-state index contributed by atoms with van der Waals surface area (Å²) in [6, 6.07) is 0. The normalized spacial score (nSPS) is 14.2. The summed E-state index contributed by atoms with van der Waals surface area (Å²) in [6.45, 7) is 0. The Labute approximate surface area is 148 Å². The van der Waals surface area contributed by atoms with Crippen LogP contribution in [-0.2, 0) is 24.0 Å². The minimum Gasteiger partial charge on any atom is -0.550 e. The molecule has 0 spiro atoms. The molecule has 0 atom stereocenters. The summed E-state index contributed by atoms with van der Waals surface area (Å²) < 4.78 is 0. The summed E-state index contributed by atoms with van der Waals surface area (Å²) in [5.41, 5.74) is 0. The molecule has 0 unspecified atom stereocenters. The number of nitrogens with zero attached hydrogens (tertiary/aromatic N) is 1. The van der Waals surface area contributed by atoms with E-state index in [2.05, 4.69) is 0 Å². The average molecular weight is 354 g/mol. The zero-order chi connectivity index (χ0) is 18.5. The van der Waals surface area contributed by atoms with Crippen molar-refractivity contribution in [3.8, 4) is 0 Å². The largest absolute Gasteiger partial charge is 0.550 e. The number of carbonyl (C=O) groups excluding carboxylic acids is 4. The molecule has 0 N–H and O–H groups in total. The first-order chi connectivity index (χ1) is 12.0. The molecule has 25 heavy (non-hydrogen) atoms. The Morgan fingerprint density at radius 1 is 0.760 bits per heavy atom. The lowest BCUT2D eigenvalue weighted by atomic mass is 10.1. The van der Waals surface area contributed by atoms with E-state index in [-0.39, 0.29) is 25.7 Å². The SMILES string of the molecule is O=C([O-])CCCCCCCCCCCCC(=O)ON1C(=O)CCC1=O. The zero-order valence-electron chi connectivity index (χ0n) is 14.8. The lowest BCUT2D eigenvalue weighted by Crippen LogP contribution is -2.31. The molecule has 0 bridgehead atoms. The number of amides is 2. The van der Waals surface area contributed by atoms with Crippen molar-refractivity contribution in [2.24, 2.45) is 0 Å². The van der Waals surface area contributed by atoms with Crippen molar-refractivity contribution in [2.75, 3.05) is 0 Å². The Morgan fingerprint density at radius 2 is 1.16 bits per heavy atom. The second-order valence-corrected chi connectivity index (χ2v) is 6.45. The van der Waals surface area contributed by atoms with Crippen molar-refractivity contribution in [1.29, 1.82) is 0 Å². The van der Waals surface area contributed by atoms with Gasteiger partial charge in [0, 0.05) is 25.2 Å². The third kappa shape index (κ3) is 9.84. The minimum atomic E-state index is -0.970. The van der Waals surface area contributed by atoms with Crippen LogP contribution in [0.1, 0.15) is 89.9 Å². The summed E-state index contributed by atoms with van der Waals surface area (Å²) >= 11 is 0. The number of hydroxylamine groups is 2. The Balaban J connectivity index is 1.87. The first-order valence-corrected chi connectivity index (χ1v) is 9.27. The Morgan fingerprint density at radius 3 is 1.60 bits per heavy atom. The molecule has 0 aromatic carbocycles. The number of carboxylic acid groups (broad SMARTS) is 1. The second kappa shape index (κ2) is 12.4. The number of imide groups is 1. The van der Waals surface area contributed by atoms with Gasteiger partial charge in [-0.3, -0.25) is 9.59 Å². The van der Waals surface area contributed by atoms with E-state index >= 15 is 0 Å². The van der Waals surface area contributed by atoms with Crippen molar-refractivity contribution < 1.29 is 29.1 Å². The first kappa shape index (κ1) is 21.1. The van der Waals surface area contributed by atoms with E-state index in [4.69, 9.17) is 4.84 Å². The van der Waals surface area contributed by atoms with Gasteiger partial charge in [-0.05, 0) is 19.3 Å². The van der Waals surface area contributed by atoms with Gasteiger partial charge in [-0.15, -0.1) is 5.06 Å². The molecular weight excluding hydrogens is 326 g/mol. The zero-order valence-corrected chi connectivity index (χ0v) is 14.8. The summed E-state index contributed by atoms with van der Waals surface area (Å²) in [6.07, 6.45) is 10.5. The Bertz CT molecular complexity index is 446. The van der Waals surface area contributed by atoms with Crippen molar-refractivity contribution >= 4 is 23.8 Å². The Kier molecular flexibility index (Phi) is 10.5. The van der Waals surface area contributed by atoms with E-state index in [1.165, 1.54) is 0 Å². The molecule has 142 valence electrons. The first-order valence-electron chi connectivity index (χ1n) is 9.27. The molecule has 0 saturated carbocycles. The van der Waals surface area contributed by atoms with Gasteiger partial charge >= 0.3 is 5.97 Å². The number of carboxylic acids is 1. The molecule has 2 amide bonds. The van der Waals surface area contributed by atoms with Crippen molar-refractivity contribution in [1.82, 2.24) is 5.06 Å². The molecule has 0 aromatic heterocycles. The molecule has 7 heteroatoms. The number of carbonyl (C=O) groups is 4. The fourth-order valence-electron chi connectivity index (χ4n) is 2.76. The molecule has 1 rings (SSSR count). The van der Waals surface area contributed by atoms with Crippen LogP contribution in [-0.4, -0.2) is 28.8 Å².